The number of benzene rings is 2. The second-order valence-corrected chi connectivity index (χ2v) is 5.42. The van der Waals surface area contributed by atoms with Crippen LogP contribution in [0.2, 0.25) is 0 Å². The number of hydrogen-bond donors (Lipinski definition) is 0. The monoisotopic (exact) mass is 289 g/mol. The molecule has 0 saturated carbocycles. The minimum atomic E-state index is -0.794. The Morgan fingerprint density at radius 2 is 1.71 bits per heavy atom. The second kappa shape index (κ2) is 7.32. The fourth-order valence-corrected chi connectivity index (χ4v) is 2.40. The molecule has 1 atom stereocenters. The lowest BCUT2D eigenvalue weighted by Crippen LogP contribution is -2.24. The molecule has 112 valence electrons. The number of rotatable bonds is 6. The van der Waals surface area contributed by atoms with Crippen molar-refractivity contribution >= 4 is 0 Å². The molecule has 2 aromatic carbocycles. The summed E-state index contributed by atoms with van der Waals surface area (Å²) in [4.78, 5) is 2.16. The Bertz CT molecular complexity index is 569. The summed E-state index contributed by atoms with van der Waals surface area (Å²) in [5.74, 6) is -1.57. The van der Waals surface area contributed by atoms with Crippen LogP contribution in [0.1, 0.15) is 30.5 Å². The molecule has 0 fully saturated rings. The van der Waals surface area contributed by atoms with Crippen LogP contribution in [0.25, 0.3) is 0 Å². The molecule has 2 rings (SSSR count). The molecular weight excluding hydrogens is 268 g/mol. The highest BCUT2D eigenvalue weighted by atomic mass is 19.2. The maximum absolute atomic E-state index is 13.3. The highest BCUT2D eigenvalue weighted by molar-refractivity contribution is 5.21. The van der Waals surface area contributed by atoms with Crippen LogP contribution in [0.3, 0.4) is 0 Å². The molecule has 0 bridgehead atoms. The average Bonchev–Trinajstić information content (AvgIpc) is 2.50. The lowest BCUT2D eigenvalue weighted by Gasteiger charge is -2.25. The van der Waals surface area contributed by atoms with Crippen LogP contribution in [-0.2, 0) is 6.42 Å². The third-order valence-electron chi connectivity index (χ3n) is 3.91. The smallest absolute Gasteiger partial charge is 0.159 e. The van der Waals surface area contributed by atoms with Crippen LogP contribution >= 0.6 is 0 Å². The number of hydrogen-bond acceptors (Lipinski definition) is 1. The summed E-state index contributed by atoms with van der Waals surface area (Å²) in [6.07, 6.45) is 2.06. The average molecular weight is 289 g/mol. The van der Waals surface area contributed by atoms with Crippen LogP contribution in [0.15, 0.2) is 48.5 Å². The van der Waals surface area contributed by atoms with Crippen molar-refractivity contribution in [2.75, 3.05) is 13.6 Å². The van der Waals surface area contributed by atoms with E-state index in [9.17, 15) is 8.78 Å². The number of aryl methyl sites for hydroxylation is 1. The van der Waals surface area contributed by atoms with Gasteiger partial charge in [-0.3, -0.25) is 4.90 Å². The van der Waals surface area contributed by atoms with Gasteiger partial charge in [0.05, 0.1) is 0 Å². The lowest BCUT2D eigenvalue weighted by atomic mass is 10.1. The van der Waals surface area contributed by atoms with E-state index in [1.165, 1.54) is 17.7 Å². The molecule has 21 heavy (non-hydrogen) atoms. The lowest BCUT2D eigenvalue weighted by molar-refractivity contribution is 0.257. The van der Waals surface area contributed by atoms with Crippen molar-refractivity contribution in [3.8, 4) is 0 Å². The zero-order valence-electron chi connectivity index (χ0n) is 12.5. The van der Waals surface area contributed by atoms with E-state index in [-0.39, 0.29) is 6.04 Å². The first-order valence-electron chi connectivity index (χ1n) is 7.27. The van der Waals surface area contributed by atoms with Crippen LogP contribution < -0.4 is 0 Å². The van der Waals surface area contributed by atoms with Crippen molar-refractivity contribution in [1.29, 1.82) is 0 Å². The Labute approximate surface area is 125 Å². The maximum atomic E-state index is 13.3. The van der Waals surface area contributed by atoms with E-state index in [1.807, 2.05) is 32.2 Å². The van der Waals surface area contributed by atoms with E-state index in [4.69, 9.17) is 0 Å². The summed E-state index contributed by atoms with van der Waals surface area (Å²) in [7, 11) is 2.01. The molecule has 0 amide bonds. The Kier molecular flexibility index (Phi) is 5.45. The highest BCUT2D eigenvalue weighted by Gasteiger charge is 2.13. The molecule has 0 aliphatic heterocycles. The Hall–Kier alpha value is -1.74. The van der Waals surface area contributed by atoms with Gasteiger partial charge < -0.3 is 0 Å². The molecular formula is C18H21F2N. The van der Waals surface area contributed by atoms with Gasteiger partial charge in [0.2, 0.25) is 0 Å². The quantitative estimate of drug-likeness (QED) is 0.751. The molecule has 0 spiro atoms. The predicted molar refractivity (Wildman–Crippen MR) is 82.2 cm³/mol. The first-order chi connectivity index (χ1) is 10.1. The minimum absolute atomic E-state index is 0.0656. The van der Waals surface area contributed by atoms with Gasteiger partial charge in [-0.05, 0) is 56.6 Å². The van der Waals surface area contributed by atoms with Crippen LogP contribution in [0.5, 0.6) is 0 Å². The highest BCUT2D eigenvalue weighted by Crippen LogP contribution is 2.21. The van der Waals surface area contributed by atoms with E-state index < -0.39 is 11.6 Å². The fourth-order valence-electron chi connectivity index (χ4n) is 2.40. The molecule has 2 aromatic rings. The molecule has 0 aliphatic carbocycles. The molecule has 0 saturated heterocycles. The van der Waals surface area contributed by atoms with Crippen molar-refractivity contribution in [3.05, 3.63) is 71.3 Å². The summed E-state index contributed by atoms with van der Waals surface area (Å²) >= 11 is 0. The fraction of sp³-hybridized carbons (Fsp3) is 0.333. The Morgan fingerprint density at radius 1 is 1.00 bits per heavy atom. The van der Waals surface area contributed by atoms with Gasteiger partial charge in [0.1, 0.15) is 0 Å². The van der Waals surface area contributed by atoms with Gasteiger partial charge in [-0.25, -0.2) is 8.78 Å². The van der Waals surface area contributed by atoms with Gasteiger partial charge in [0, 0.05) is 6.04 Å². The van der Waals surface area contributed by atoms with Gasteiger partial charge in [0.25, 0.3) is 0 Å². The van der Waals surface area contributed by atoms with E-state index >= 15 is 0 Å². The summed E-state index contributed by atoms with van der Waals surface area (Å²) in [5, 5.41) is 0. The largest absolute Gasteiger partial charge is 0.300 e. The standard InChI is InChI=1S/C18H21F2N/c1-14(16-10-11-17(19)18(20)13-16)21(2)12-6-9-15-7-4-3-5-8-15/h3-5,7-8,10-11,13-14H,6,9,12H2,1-2H3. The van der Waals surface area contributed by atoms with Crippen LogP contribution in [-0.4, -0.2) is 18.5 Å². The first kappa shape index (κ1) is 15.6. The van der Waals surface area contributed by atoms with Crippen molar-refractivity contribution in [3.63, 3.8) is 0 Å². The molecule has 0 aromatic heterocycles. The molecule has 1 unspecified atom stereocenters. The zero-order valence-corrected chi connectivity index (χ0v) is 12.5. The van der Waals surface area contributed by atoms with Crippen molar-refractivity contribution in [2.45, 2.75) is 25.8 Å². The molecule has 0 heterocycles. The van der Waals surface area contributed by atoms with Gasteiger partial charge in [-0.15, -0.1) is 0 Å². The third kappa shape index (κ3) is 4.36. The molecule has 1 nitrogen and oxygen atoms in total. The van der Waals surface area contributed by atoms with Gasteiger partial charge in [-0.1, -0.05) is 36.4 Å². The number of nitrogens with zero attached hydrogens (tertiary/aromatic N) is 1. The normalized spacial score (nSPS) is 12.6. The summed E-state index contributed by atoms with van der Waals surface area (Å²) in [6, 6.07) is 14.5. The van der Waals surface area contributed by atoms with E-state index in [0.717, 1.165) is 24.9 Å². The summed E-state index contributed by atoms with van der Waals surface area (Å²) in [6.45, 7) is 2.92. The second-order valence-electron chi connectivity index (χ2n) is 5.42. The van der Waals surface area contributed by atoms with Gasteiger partial charge in [0.15, 0.2) is 11.6 Å². The Balaban J connectivity index is 1.87. The van der Waals surface area contributed by atoms with Gasteiger partial charge in [-0.2, -0.15) is 0 Å². The van der Waals surface area contributed by atoms with Gasteiger partial charge >= 0.3 is 0 Å². The van der Waals surface area contributed by atoms with Crippen molar-refractivity contribution in [2.24, 2.45) is 0 Å². The number of halogens is 2. The van der Waals surface area contributed by atoms with E-state index in [1.54, 1.807) is 6.07 Å². The van der Waals surface area contributed by atoms with E-state index in [0.29, 0.717) is 0 Å². The predicted octanol–water partition coefficient (Wildman–Crippen LogP) is 4.59. The Morgan fingerprint density at radius 3 is 2.38 bits per heavy atom. The first-order valence-corrected chi connectivity index (χ1v) is 7.27. The SMILES string of the molecule is CC(c1ccc(F)c(F)c1)N(C)CCCc1ccccc1. The molecule has 0 radical (unpaired) electrons. The third-order valence-corrected chi connectivity index (χ3v) is 3.91. The van der Waals surface area contributed by atoms with Crippen LogP contribution in [0.4, 0.5) is 8.78 Å². The molecule has 0 N–H and O–H groups in total. The van der Waals surface area contributed by atoms with Crippen molar-refractivity contribution < 1.29 is 8.78 Å². The topological polar surface area (TPSA) is 3.24 Å². The van der Waals surface area contributed by atoms with Crippen molar-refractivity contribution in [1.82, 2.24) is 4.90 Å². The maximum Gasteiger partial charge on any atom is 0.159 e. The molecule has 0 aliphatic rings. The van der Waals surface area contributed by atoms with E-state index in [2.05, 4.69) is 17.0 Å². The molecule has 3 heteroatoms. The van der Waals surface area contributed by atoms with Crippen LogP contribution in [0, 0.1) is 11.6 Å². The minimum Gasteiger partial charge on any atom is -0.300 e. The zero-order chi connectivity index (χ0) is 15.2. The summed E-state index contributed by atoms with van der Waals surface area (Å²) < 4.78 is 26.2. The summed E-state index contributed by atoms with van der Waals surface area (Å²) in [5.41, 5.74) is 2.13.